The number of halogens is 2. The van der Waals surface area contributed by atoms with E-state index >= 15 is 0 Å². The summed E-state index contributed by atoms with van der Waals surface area (Å²) in [5.41, 5.74) is 0.565. The van der Waals surface area contributed by atoms with Crippen molar-refractivity contribution >= 4 is 11.8 Å². The third kappa shape index (κ3) is 2.62. The van der Waals surface area contributed by atoms with Crippen molar-refractivity contribution in [3.63, 3.8) is 0 Å². The van der Waals surface area contributed by atoms with Crippen LogP contribution in [0.25, 0.3) is 0 Å². The Morgan fingerprint density at radius 1 is 1.12 bits per heavy atom. The molecule has 0 unspecified atom stereocenters. The van der Waals surface area contributed by atoms with Crippen molar-refractivity contribution in [2.24, 2.45) is 0 Å². The lowest BCUT2D eigenvalue weighted by molar-refractivity contribution is 0.196. The van der Waals surface area contributed by atoms with Crippen LogP contribution in [-0.4, -0.2) is 35.0 Å². The molecule has 0 bridgehead atoms. The first-order valence-corrected chi connectivity index (χ1v) is 8.04. The molecule has 2 atom stereocenters. The summed E-state index contributed by atoms with van der Waals surface area (Å²) in [7, 11) is 1.81. The monoisotopic (exact) mass is 339 g/mol. The summed E-state index contributed by atoms with van der Waals surface area (Å²) in [5.74, 6) is 4.86. The first-order chi connectivity index (χ1) is 12.0. The molecule has 126 valence electrons. The average Bonchev–Trinajstić information content (AvgIpc) is 2.75. The molecule has 25 heavy (non-hydrogen) atoms. The van der Waals surface area contributed by atoms with Crippen molar-refractivity contribution in [1.29, 1.82) is 0 Å². The minimum Gasteiger partial charge on any atom is -0.322 e. The van der Waals surface area contributed by atoms with E-state index < -0.39 is 11.6 Å². The van der Waals surface area contributed by atoms with Crippen LogP contribution in [0.5, 0.6) is 0 Å². The highest BCUT2D eigenvalue weighted by molar-refractivity contribution is 5.95. The molecule has 2 heterocycles. The topological polar surface area (TPSA) is 36.4 Å². The number of hydrogen-bond donors (Lipinski definition) is 0. The predicted molar refractivity (Wildman–Crippen MR) is 89.0 cm³/mol. The fourth-order valence-electron chi connectivity index (χ4n) is 3.27. The van der Waals surface area contributed by atoms with E-state index in [0.717, 1.165) is 31.0 Å². The largest absolute Gasteiger partial charge is 0.326 e. The van der Waals surface area contributed by atoms with E-state index in [1.807, 2.05) is 7.05 Å². The summed E-state index contributed by atoms with van der Waals surface area (Å²) in [6.07, 6.45) is 3.54. The van der Waals surface area contributed by atoms with Gasteiger partial charge in [0, 0.05) is 18.8 Å². The zero-order chi connectivity index (χ0) is 17.6. The molecule has 1 aromatic heterocycles. The molecule has 2 amide bonds. The highest BCUT2D eigenvalue weighted by Crippen LogP contribution is 2.38. The lowest BCUT2D eigenvalue weighted by Gasteiger charge is -2.35. The molecule has 2 fully saturated rings. The Morgan fingerprint density at radius 2 is 1.92 bits per heavy atom. The van der Waals surface area contributed by atoms with Crippen LogP contribution in [0.3, 0.4) is 0 Å². The number of rotatable bonds is 1. The summed E-state index contributed by atoms with van der Waals surface area (Å²) in [4.78, 5) is 20.1. The molecule has 0 N–H and O–H groups in total. The normalized spacial score (nSPS) is 21.5. The van der Waals surface area contributed by atoms with Crippen LogP contribution in [0.15, 0.2) is 36.5 Å². The van der Waals surface area contributed by atoms with E-state index in [1.165, 1.54) is 0 Å². The number of likely N-dealkylation sites (N-methyl/N-ethyl adjacent to an activating group) is 1. The zero-order valence-electron chi connectivity index (χ0n) is 13.5. The van der Waals surface area contributed by atoms with Gasteiger partial charge in [0.15, 0.2) is 0 Å². The quantitative estimate of drug-likeness (QED) is 0.749. The molecule has 1 aliphatic carbocycles. The molecule has 0 spiro atoms. The van der Waals surface area contributed by atoms with Crippen LogP contribution < -0.4 is 4.90 Å². The van der Waals surface area contributed by atoms with Crippen molar-refractivity contribution < 1.29 is 13.6 Å². The van der Waals surface area contributed by atoms with Crippen LogP contribution >= 0.6 is 0 Å². The molecule has 1 aliphatic heterocycles. The Morgan fingerprint density at radius 3 is 2.56 bits per heavy atom. The first kappa shape index (κ1) is 15.6. The van der Waals surface area contributed by atoms with Gasteiger partial charge in [0.05, 0.1) is 17.6 Å². The molecule has 1 saturated heterocycles. The summed E-state index contributed by atoms with van der Waals surface area (Å²) >= 11 is 0. The van der Waals surface area contributed by atoms with Crippen LogP contribution in [0, 0.1) is 23.5 Å². The highest BCUT2D eigenvalue weighted by atomic mass is 19.1. The van der Waals surface area contributed by atoms with Gasteiger partial charge in [0.25, 0.3) is 0 Å². The minimum absolute atomic E-state index is 0.00210. The van der Waals surface area contributed by atoms with Crippen LogP contribution in [0.2, 0.25) is 0 Å². The third-order valence-corrected chi connectivity index (χ3v) is 4.80. The van der Waals surface area contributed by atoms with Gasteiger partial charge in [0.2, 0.25) is 0 Å². The van der Waals surface area contributed by atoms with Crippen LogP contribution in [-0.2, 0) is 0 Å². The van der Waals surface area contributed by atoms with Crippen LogP contribution in [0.1, 0.15) is 24.0 Å². The number of carbonyl (C=O) groups is 1. The Balaban J connectivity index is 1.56. The van der Waals surface area contributed by atoms with Crippen LogP contribution in [0.4, 0.5) is 19.4 Å². The van der Waals surface area contributed by atoms with Crippen molar-refractivity contribution in [2.45, 2.75) is 24.9 Å². The standard InChI is InChI=1S/C19H15F2N3O/c1-23-16-7-8-17(16)24(19(23)25)18-9-3-12(11-22-18)2-4-13-10-14(20)5-6-15(13)21/h3,5-6,9-11,16-17H,7-8H2,1H3/t16-,17+/m1/s1. The molecular formula is C19H15F2N3O. The van der Waals surface area contributed by atoms with E-state index in [-0.39, 0.29) is 23.7 Å². The maximum atomic E-state index is 13.6. The van der Waals surface area contributed by atoms with E-state index in [9.17, 15) is 13.6 Å². The molecule has 2 aliphatic rings. The second kappa shape index (κ2) is 5.85. The Kier molecular flexibility index (Phi) is 3.65. The number of aromatic nitrogens is 1. The molecular weight excluding hydrogens is 324 g/mol. The minimum atomic E-state index is -0.569. The number of carbonyl (C=O) groups excluding carboxylic acids is 1. The summed E-state index contributed by atoms with van der Waals surface area (Å²) < 4.78 is 26.7. The number of hydrogen-bond acceptors (Lipinski definition) is 2. The Bertz CT molecular complexity index is 901. The summed E-state index contributed by atoms with van der Waals surface area (Å²) in [5, 5.41) is 0. The van der Waals surface area contributed by atoms with E-state index in [4.69, 9.17) is 0 Å². The summed E-state index contributed by atoms with van der Waals surface area (Å²) in [6, 6.07) is 7.03. The predicted octanol–water partition coefficient (Wildman–Crippen LogP) is 3.16. The molecule has 0 radical (unpaired) electrons. The number of amides is 2. The average molecular weight is 339 g/mol. The van der Waals surface area contributed by atoms with Crippen molar-refractivity contribution in [2.75, 3.05) is 11.9 Å². The first-order valence-electron chi connectivity index (χ1n) is 8.04. The maximum absolute atomic E-state index is 13.6. The van der Waals surface area contributed by atoms with Gasteiger partial charge in [-0.1, -0.05) is 11.8 Å². The van der Waals surface area contributed by atoms with Gasteiger partial charge < -0.3 is 4.90 Å². The molecule has 4 nitrogen and oxygen atoms in total. The number of fused-ring (bicyclic) bond motifs is 1. The second-order valence-electron chi connectivity index (χ2n) is 6.25. The van der Waals surface area contributed by atoms with Gasteiger partial charge in [-0.05, 0) is 43.2 Å². The van der Waals surface area contributed by atoms with E-state index in [0.29, 0.717) is 11.4 Å². The van der Waals surface area contributed by atoms with Crippen molar-refractivity contribution in [1.82, 2.24) is 9.88 Å². The SMILES string of the molecule is CN1C(=O)N(c2ccc(C#Cc3cc(F)ccc3F)cn2)[C@H]2CC[C@H]21. The van der Waals surface area contributed by atoms with Crippen molar-refractivity contribution in [3.8, 4) is 11.8 Å². The zero-order valence-corrected chi connectivity index (χ0v) is 13.5. The van der Waals surface area contributed by atoms with E-state index in [1.54, 1.807) is 28.1 Å². The molecule has 6 heteroatoms. The lowest BCUT2D eigenvalue weighted by atomic mass is 9.86. The second-order valence-corrected chi connectivity index (χ2v) is 6.25. The highest BCUT2D eigenvalue weighted by Gasteiger charge is 2.50. The van der Waals surface area contributed by atoms with Crippen molar-refractivity contribution in [3.05, 3.63) is 59.3 Å². The van der Waals surface area contributed by atoms with Gasteiger partial charge in [-0.2, -0.15) is 0 Å². The number of benzene rings is 1. The molecule has 4 rings (SSSR count). The van der Waals surface area contributed by atoms with Gasteiger partial charge >= 0.3 is 6.03 Å². The number of nitrogens with zero attached hydrogens (tertiary/aromatic N) is 3. The third-order valence-electron chi connectivity index (χ3n) is 4.80. The van der Waals surface area contributed by atoms with E-state index in [2.05, 4.69) is 16.8 Å². The number of anilines is 1. The smallest absolute Gasteiger partial charge is 0.322 e. The Labute approximate surface area is 144 Å². The molecule has 2 aromatic rings. The van der Waals surface area contributed by atoms with Gasteiger partial charge in [0.1, 0.15) is 17.5 Å². The van der Waals surface area contributed by atoms with Gasteiger partial charge in [-0.25, -0.2) is 18.6 Å². The number of urea groups is 1. The summed E-state index contributed by atoms with van der Waals surface area (Å²) in [6.45, 7) is 0. The van der Waals surface area contributed by atoms with Gasteiger partial charge in [-0.3, -0.25) is 4.90 Å². The maximum Gasteiger partial charge on any atom is 0.326 e. The molecule has 1 aromatic carbocycles. The fraction of sp³-hybridized carbons (Fsp3) is 0.263. The molecule has 1 saturated carbocycles. The number of pyridine rings is 1. The Hall–Kier alpha value is -2.94. The lowest BCUT2D eigenvalue weighted by Crippen LogP contribution is -2.45. The fourth-order valence-corrected chi connectivity index (χ4v) is 3.27. The van der Waals surface area contributed by atoms with Gasteiger partial charge in [-0.15, -0.1) is 0 Å².